The van der Waals surface area contributed by atoms with Gasteiger partial charge in [0.05, 0.1) is 15.5 Å². The first-order chi connectivity index (χ1) is 9.41. The highest BCUT2D eigenvalue weighted by Gasteiger charge is 2.27. The second-order valence-electron chi connectivity index (χ2n) is 5.45. The van der Waals surface area contributed by atoms with Crippen molar-refractivity contribution in [1.82, 2.24) is 5.32 Å². The number of hydrogen-bond acceptors (Lipinski definition) is 4. The molecule has 1 aliphatic heterocycles. The van der Waals surface area contributed by atoms with Crippen LogP contribution in [0.3, 0.4) is 0 Å². The molecule has 1 saturated heterocycles. The van der Waals surface area contributed by atoms with Gasteiger partial charge >= 0.3 is 0 Å². The van der Waals surface area contributed by atoms with E-state index in [1.165, 1.54) is 6.07 Å². The van der Waals surface area contributed by atoms with E-state index in [-0.39, 0.29) is 15.6 Å². The third kappa shape index (κ3) is 3.46. The van der Waals surface area contributed by atoms with Crippen LogP contribution < -0.4 is 10.6 Å². The Morgan fingerprint density at radius 2 is 2.15 bits per heavy atom. The Morgan fingerprint density at radius 1 is 1.50 bits per heavy atom. The molecule has 1 aromatic carbocycles. The van der Waals surface area contributed by atoms with Gasteiger partial charge < -0.3 is 10.6 Å². The van der Waals surface area contributed by atoms with Crippen LogP contribution in [0.25, 0.3) is 0 Å². The number of benzene rings is 1. The minimum Gasteiger partial charge on any atom is -0.379 e. The highest BCUT2D eigenvalue weighted by Crippen LogP contribution is 2.33. The van der Waals surface area contributed by atoms with E-state index < -0.39 is 10.7 Å². The number of anilines is 1. The van der Waals surface area contributed by atoms with E-state index in [4.69, 9.17) is 0 Å². The number of nitrogens with zero attached hydrogens (tertiary/aromatic N) is 1. The molecule has 0 amide bonds. The first-order valence-electron chi connectivity index (χ1n) is 6.49. The van der Waals surface area contributed by atoms with Crippen molar-refractivity contribution in [2.24, 2.45) is 5.41 Å². The van der Waals surface area contributed by atoms with Crippen molar-refractivity contribution < 1.29 is 9.31 Å². The van der Waals surface area contributed by atoms with E-state index >= 15 is 0 Å². The Kier molecular flexibility index (Phi) is 4.59. The van der Waals surface area contributed by atoms with Crippen LogP contribution in [0.15, 0.2) is 16.6 Å². The summed E-state index contributed by atoms with van der Waals surface area (Å²) >= 11 is 3.06. The summed E-state index contributed by atoms with van der Waals surface area (Å²) in [5.41, 5.74) is 0.214. The third-order valence-electron chi connectivity index (χ3n) is 3.75. The summed E-state index contributed by atoms with van der Waals surface area (Å²) in [6.45, 7) is 4.69. The molecule has 1 aliphatic rings. The largest absolute Gasteiger partial charge is 0.379 e. The van der Waals surface area contributed by atoms with Gasteiger partial charge in [-0.3, -0.25) is 10.1 Å². The summed E-state index contributed by atoms with van der Waals surface area (Å²) in [6, 6.07) is 2.37. The topological polar surface area (TPSA) is 67.2 Å². The number of halogens is 2. The second-order valence-corrected chi connectivity index (χ2v) is 6.31. The molecular formula is C13H17BrFN3O2. The molecule has 1 fully saturated rings. The molecule has 7 heteroatoms. The van der Waals surface area contributed by atoms with Crippen molar-refractivity contribution in [3.63, 3.8) is 0 Å². The van der Waals surface area contributed by atoms with Gasteiger partial charge in [-0.2, -0.15) is 0 Å². The van der Waals surface area contributed by atoms with Gasteiger partial charge in [-0.25, -0.2) is 4.39 Å². The maximum atomic E-state index is 13.4. The van der Waals surface area contributed by atoms with Gasteiger partial charge in [0.15, 0.2) is 0 Å². The lowest BCUT2D eigenvalue weighted by molar-refractivity contribution is -0.384. The summed E-state index contributed by atoms with van der Waals surface area (Å²) < 4.78 is 13.6. The molecule has 2 rings (SSSR count). The molecule has 110 valence electrons. The summed E-state index contributed by atoms with van der Waals surface area (Å²) in [5.74, 6) is -0.629. The van der Waals surface area contributed by atoms with Crippen molar-refractivity contribution >= 4 is 27.3 Å². The molecular weight excluding hydrogens is 329 g/mol. The van der Waals surface area contributed by atoms with Gasteiger partial charge in [-0.15, -0.1) is 0 Å². The van der Waals surface area contributed by atoms with Crippen LogP contribution in [0.2, 0.25) is 0 Å². The molecule has 0 unspecified atom stereocenters. The fourth-order valence-electron chi connectivity index (χ4n) is 2.34. The van der Waals surface area contributed by atoms with Gasteiger partial charge in [0.1, 0.15) is 11.5 Å². The highest BCUT2D eigenvalue weighted by molar-refractivity contribution is 9.10. The summed E-state index contributed by atoms with van der Waals surface area (Å²) in [5, 5.41) is 17.4. The normalized spacial score (nSPS) is 17.8. The number of nitrogens with one attached hydrogen (secondary N) is 2. The highest BCUT2D eigenvalue weighted by atomic mass is 79.9. The number of nitro groups is 1. The lowest BCUT2D eigenvalue weighted by Gasteiger charge is -2.34. The van der Waals surface area contributed by atoms with Crippen LogP contribution >= 0.6 is 15.9 Å². The van der Waals surface area contributed by atoms with E-state index in [0.717, 1.165) is 32.0 Å². The Labute approximate surface area is 125 Å². The second kappa shape index (κ2) is 6.05. The number of nitro benzene ring substituents is 1. The third-order valence-corrected chi connectivity index (χ3v) is 4.36. The van der Waals surface area contributed by atoms with E-state index in [0.29, 0.717) is 12.2 Å². The zero-order valence-corrected chi connectivity index (χ0v) is 12.8. The van der Waals surface area contributed by atoms with Crippen LogP contribution in [0.5, 0.6) is 0 Å². The molecule has 0 bridgehead atoms. The molecule has 2 N–H and O–H groups in total. The molecule has 0 aromatic heterocycles. The fourth-order valence-corrected chi connectivity index (χ4v) is 2.69. The number of rotatable bonds is 4. The van der Waals surface area contributed by atoms with Gasteiger partial charge in [-0.1, -0.05) is 6.92 Å². The summed E-state index contributed by atoms with van der Waals surface area (Å²) in [4.78, 5) is 10.4. The molecule has 1 aromatic rings. The van der Waals surface area contributed by atoms with Gasteiger partial charge in [0.25, 0.3) is 5.69 Å². The van der Waals surface area contributed by atoms with E-state index in [1.54, 1.807) is 0 Å². The maximum Gasteiger partial charge on any atom is 0.295 e. The van der Waals surface area contributed by atoms with Crippen LogP contribution in [0.4, 0.5) is 15.8 Å². The molecule has 0 spiro atoms. The van der Waals surface area contributed by atoms with E-state index in [9.17, 15) is 14.5 Å². The molecule has 5 nitrogen and oxygen atoms in total. The van der Waals surface area contributed by atoms with E-state index in [1.807, 2.05) is 0 Å². The first-order valence-corrected chi connectivity index (χ1v) is 7.29. The molecule has 0 atom stereocenters. The zero-order chi connectivity index (χ0) is 14.8. The standard InChI is InChI=1S/C13H17BrFN3O2/c1-13(2-4-16-5-3-13)8-17-11-6-9(14)10(15)7-12(11)18(19)20/h6-7,16-17H,2-5,8H2,1H3. The van der Waals surface area contributed by atoms with E-state index in [2.05, 4.69) is 33.5 Å². The van der Waals surface area contributed by atoms with Crippen molar-refractivity contribution in [3.8, 4) is 0 Å². The minimum absolute atomic E-state index is 0.0972. The quantitative estimate of drug-likeness (QED) is 0.649. The average molecular weight is 346 g/mol. The monoisotopic (exact) mass is 345 g/mol. The van der Waals surface area contributed by atoms with Gasteiger partial charge in [0, 0.05) is 6.54 Å². The maximum absolute atomic E-state index is 13.4. The molecule has 0 radical (unpaired) electrons. The number of hydrogen-bond donors (Lipinski definition) is 2. The summed E-state index contributed by atoms with van der Waals surface area (Å²) in [7, 11) is 0. The Morgan fingerprint density at radius 3 is 2.75 bits per heavy atom. The zero-order valence-electron chi connectivity index (χ0n) is 11.2. The van der Waals surface area contributed by atoms with Gasteiger partial charge in [-0.05, 0) is 53.3 Å². The fraction of sp³-hybridized carbons (Fsp3) is 0.538. The molecule has 0 aliphatic carbocycles. The summed E-state index contributed by atoms with van der Waals surface area (Å²) in [6.07, 6.45) is 2.02. The molecule has 0 saturated carbocycles. The Hall–Kier alpha value is -1.21. The lowest BCUT2D eigenvalue weighted by Crippen LogP contribution is -2.39. The van der Waals surface area contributed by atoms with Gasteiger partial charge in [0.2, 0.25) is 0 Å². The van der Waals surface area contributed by atoms with Crippen molar-refractivity contribution in [1.29, 1.82) is 0 Å². The lowest BCUT2D eigenvalue weighted by atomic mass is 9.81. The van der Waals surface area contributed by atoms with Crippen LogP contribution in [-0.2, 0) is 0 Å². The molecule has 20 heavy (non-hydrogen) atoms. The smallest absolute Gasteiger partial charge is 0.295 e. The minimum atomic E-state index is -0.629. The van der Waals surface area contributed by atoms with Crippen LogP contribution in [-0.4, -0.2) is 24.6 Å². The van der Waals surface area contributed by atoms with Crippen molar-refractivity contribution in [2.45, 2.75) is 19.8 Å². The predicted molar refractivity (Wildman–Crippen MR) is 79.5 cm³/mol. The first kappa shape index (κ1) is 15.2. The number of piperidine rings is 1. The Bertz CT molecular complexity index is 519. The Balaban J connectivity index is 2.16. The molecule has 1 heterocycles. The predicted octanol–water partition coefficient (Wildman–Crippen LogP) is 3.30. The van der Waals surface area contributed by atoms with Crippen LogP contribution in [0, 0.1) is 21.3 Å². The SMILES string of the molecule is CC1(CNc2cc(Br)c(F)cc2[N+](=O)[O-])CCNCC1. The average Bonchev–Trinajstić information content (AvgIpc) is 2.40. The van der Waals surface area contributed by atoms with Crippen molar-refractivity contribution in [2.75, 3.05) is 25.0 Å². The van der Waals surface area contributed by atoms with Crippen molar-refractivity contribution in [3.05, 3.63) is 32.5 Å². The van der Waals surface area contributed by atoms with Crippen LogP contribution in [0.1, 0.15) is 19.8 Å².